The number of anilines is 2. The normalized spacial score (nSPS) is 16.4. The van der Waals surface area contributed by atoms with Gasteiger partial charge in [0.15, 0.2) is 5.13 Å². The first kappa shape index (κ1) is 18.2. The van der Waals surface area contributed by atoms with Crippen molar-refractivity contribution in [1.82, 2.24) is 10.3 Å². The minimum absolute atomic E-state index is 0.0190. The molecule has 7 nitrogen and oxygen atoms in total. The molecule has 0 spiro atoms. The van der Waals surface area contributed by atoms with Gasteiger partial charge >= 0.3 is 6.03 Å². The third kappa shape index (κ3) is 3.91. The number of hydrogen-bond donors (Lipinski definition) is 2. The Balaban J connectivity index is 1.36. The number of nitrogens with zero attached hydrogens (tertiary/aromatic N) is 2. The van der Waals surface area contributed by atoms with Gasteiger partial charge in [0.25, 0.3) is 0 Å². The summed E-state index contributed by atoms with van der Waals surface area (Å²) in [5.74, 6) is 0.747. The van der Waals surface area contributed by atoms with Crippen LogP contribution in [-0.4, -0.2) is 36.1 Å². The average molecular weight is 396 g/mol. The van der Waals surface area contributed by atoms with Crippen molar-refractivity contribution in [3.63, 3.8) is 0 Å². The Morgan fingerprint density at radius 3 is 2.79 bits per heavy atom. The van der Waals surface area contributed by atoms with Gasteiger partial charge in [-0.2, -0.15) is 0 Å². The predicted molar refractivity (Wildman–Crippen MR) is 110 cm³/mol. The molecule has 144 valence electrons. The summed E-state index contributed by atoms with van der Waals surface area (Å²) < 4.78 is 6.44. The van der Waals surface area contributed by atoms with Crippen LogP contribution in [-0.2, 0) is 4.79 Å². The zero-order valence-electron chi connectivity index (χ0n) is 15.3. The number of benzene rings is 2. The Hall–Kier alpha value is -3.13. The number of carbonyl (C=O) groups excluding carboxylic acids is 2. The highest BCUT2D eigenvalue weighted by Crippen LogP contribution is 2.26. The summed E-state index contributed by atoms with van der Waals surface area (Å²) in [5, 5.41) is 6.16. The number of hydrogen-bond acceptors (Lipinski definition) is 5. The number of fused-ring (bicyclic) bond motifs is 1. The van der Waals surface area contributed by atoms with E-state index in [1.54, 1.807) is 4.90 Å². The van der Waals surface area contributed by atoms with Crippen molar-refractivity contribution in [2.45, 2.75) is 19.4 Å². The fourth-order valence-electron chi connectivity index (χ4n) is 3.19. The van der Waals surface area contributed by atoms with Crippen LogP contribution in [0.1, 0.15) is 13.3 Å². The molecular formula is C20H20N4O3S. The van der Waals surface area contributed by atoms with E-state index in [4.69, 9.17) is 4.74 Å². The number of aromatic nitrogens is 1. The van der Waals surface area contributed by atoms with E-state index < -0.39 is 0 Å². The summed E-state index contributed by atoms with van der Waals surface area (Å²) in [6.45, 7) is 2.95. The first-order valence-corrected chi connectivity index (χ1v) is 9.90. The SMILES string of the molecule is CCOc1ccc(N2CC(NC(=O)Nc3nc4ccccc4s3)CC2=O)cc1. The van der Waals surface area contributed by atoms with Crippen LogP contribution in [0.5, 0.6) is 5.75 Å². The van der Waals surface area contributed by atoms with Crippen molar-refractivity contribution < 1.29 is 14.3 Å². The number of rotatable bonds is 5. The Labute approximate surface area is 166 Å². The topological polar surface area (TPSA) is 83.6 Å². The molecule has 2 aromatic carbocycles. The lowest BCUT2D eigenvalue weighted by Gasteiger charge is -2.17. The number of nitrogens with one attached hydrogen (secondary N) is 2. The summed E-state index contributed by atoms with van der Waals surface area (Å²) >= 11 is 1.41. The molecule has 0 saturated carbocycles. The van der Waals surface area contributed by atoms with Crippen molar-refractivity contribution in [1.29, 1.82) is 0 Å². The van der Waals surface area contributed by atoms with E-state index in [1.807, 2.05) is 55.5 Å². The molecule has 1 aliphatic rings. The molecule has 1 atom stereocenters. The number of amides is 3. The minimum atomic E-state index is -0.356. The molecule has 1 unspecified atom stereocenters. The zero-order chi connectivity index (χ0) is 19.5. The molecule has 28 heavy (non-hydrogen) atoms. The molecule has 1 aliphatic heterocycles. The summed E-state index contributed by atoms with van der Waals surface area (Å²) in [4.78, 5) is 30.7. The number of ether oxygens (including phenoxy) is 1. The molecule has 1 aromatic heterocycles. The van der Waals surface area contributed by atoms with Gasteiger partial charge in [-0.25, -0.2) is 9.78 Å². The Morgan fingerprint density at radius 2 is 2.04 bits per heavy atom. The molecule has 4 rings (SSSR count). The first-order chi connectivity index (χ1) is 13.6. The highest BCUT2D eigenvalue weighted by atomic mass is 32.1. The molecule has 1 fully saturated rings. The second-order valence-electron chi connectivity index (χ2n) is 6.42. The summed E-state index contributed by atoms with van der Waals surface area (Å²) in [7, 11) is 0. The lowest BCUT2D eigenvalue weighted by Crippen LogP contribution is -2.39. The molecule has 0 aliphatic carbocycles. The van der Waals surface area contributed by atoms with Gasteiger partial charge in [0.1, 0.15) is 5.75 Å². The largest absolute Gasteiger partial charge is 0.494 e. The number of para-hydroxylation sites is 1. The number of thiazole rings is 1. The van der Waals surface area contributed by atoms with E-state index >= 15 is 0 Å². The highest BCUT2D eigenvalue weighted by molar-refractivity contribution is 7.22. The van der Waals surface area contributed by atoms with Crippen LogP contribution in [0, 0.1) is 0 Å². The third-order valence-corrected chi connectivity index (χ3v) is 5.39. The molecule has 2 heterocycles. The van der Waals surface area contributed by atoms with Gasteiger partial charge in [0.2, 0.25) is 5.91 Å². The van der Waals surface area contributed by atoms with E-state index in [9.17, 15) is 9.59 Å². The molecule has 0 bridgehead atoms. The van der Waals surface area contributed by atoms with Gasteiger partial charge in [-0.05, 0) is 43.3 Å². The van der Waals surface area contributed by atoms with Crippen LogP contribution < -0.4 is 20.3 Å². The van der Waals surface area contributed by atoms with Crippen molar-refractivity contribution in [2.75, 3.05) is 23.4 Å². The fraction of sp³-hybridized carbons (Fsp3) is 0.250. The summed E-state index contributed by atoms with van der Waals surface area (Å²) in [6.07, 6.45) is 0.264. The maximum atomic E-state index is 12.4. The second-order valence-corrected chi connectivity index (χ2v) is 7.45. The van der Waals surface area contributed by atoms with Gasteiger partial charge in [0, 0.05) is 18.7 Å². The van der Waals surface area contributed by atoms with Crippen LogP contribution in [0.2, 0.25) is 0 Å². The Morgan fingerprint density at radius 1 is 1.25 bits per heavy atom. The van der Waals surface area contributed by atoms with Gasteiger partial charge in [-0.3, -0.25) is 10.1 Å². The van der Waals surface area contributed by atoms with Crippen LogP contribution >= 0.6 is 11.3 Å². The van der Waals surface area contributed by atoms with E-state index in [-0.39, 0.29) is 24.4 Å². The number of carbonyl (C=O) groups is 2. The van der Waals surface area contributed by atoms with E-state index in [0.29, 0.717) is 18.3 Å². The van der Waals surface area contributed by atoms with Crippen molar-refractivity contribution in [3.8, 4) is 5.75 Å². The Bertz CT molecular complexity index is 969. The van der Waals surface area contributed by atoms with Gasteiger partial charge in [0.05, 0.1) is 22.9 Å². The fourth-order valence-corrected chi connectivity index (χ4v) is 4.05. The molecule has 8 heteroatoms. The Kier molecular flexibility index (Phi) is 5.12. The predicted octanol–water partition coefficient (Wildman–Crippen LogP) is 3.62. The zero-order valence-corrected chi connectivity index (χ0v) is 16.2. The molecule has 3 amide bonds. The molecule has 3 aromatic rings. The molecule has 2 N–H and O–H groups in total. The lowest BCUT2D eigenvalue weighted by molar-refractivity contribution is -0.117. The van der Waals surface area contributed by atoms with Crippen molar-refractivity contribution in [3.05, 3.63) is 48.5 Å². The second kappa shape index (κ2) is 7.85. The van der Waals surface area contributed by atoms with Crippen LogP contribution in [0.4, 0.5) is 15.6 Å². The standard InChI is InChI=1S/C20H20N4O3S/c1-2-27-15-9-7-14(8-10-15)24-12-13(11-18(24)25)21-19(26)23-20-22-16-5-3-4-6-17(16)28-20/h3-10,13H,2,11-12H2,1H3,(H2,21,22,23,26). The quantitative estimate of drug-likeness (QED) is 0.690. The minimum Gasteiger partial charge on any atom is -0.494 e. The van der Waals surface area contributed by atoms with Crippen molar-refractivity contribution in [2.24, 2.45) is 0 Å². The van der Waals surface area contributed by atoms with Gasteiger partial charge in [-0.15, -0.1) is 0 Å². The maximum Gasteiger partial charge on any atom is 0.321 e. The highest BCUT2D eigenvalue weighted by Gasteiger charge is 2.31. The first-order valence-electron chi connectivity index (χ1n) is 9.08. The average Bonchev–Trinajstić information content (AvgIpc) is 3.25. The summed E-state index contributed by atoms with van der Waals surface area (Å²) in [6, 6.07) is 14.5. The van der Waals surface area contributed by atoms with Gasteiger partial charge < -0.3 is 15.0 Å². The summed E-state index contributed by atoms with van der Waals surface area (Å²) in [5.41, 5.74) is 1.64. The van der Waals surface area contributed by atoms with E-state index in [1.165, 1.54) is 11.3 Å². The monoisotopic (exact) mass is 396 g/mol. The van der Waals surface area contributed by atoms with Crippen LogP contribution in [0.25, 0.3) is 10.2 Å². The van der Waals surface area contributed by atoms with Crippen LogP contribution in [0.3, 0.4) is 0 Å². The molecule has 0 radical (unpaired) electrons. The third-order valence-electron chi connectivity index (χ3n) is 4.43. The van der Waals surface area contributed by atoms with Crippen LogP contribution in [0.15, 0.2) is 48.5 Å². The molecule has 1 saturated heterocycles. The number of urea groups is 1. The maximum absolute atomic E-state index is 12.4. The van der Waals surface area contributed by atoms with E-state index in [0.717, 1.165) is 21.7 Å². The lowest BCUT2D eigenvalue weighted by atomic mass is 10.2. The molecular weight excluding hydrogens is 376 g/mol. The van der Waals surface area contributed by atoms with Gasteiger partial charge in [-0.1, -0.05) is 23.5 Å². The van der Waals surface area contributed by atoms with E-state index in [2.05, 4.69) is 15.6 Å². The van der Waals surface area contributed by atoms with Crippen molar-refractivity contribution >= 4 is 44.3 Å². The smallest absolute Gasteiger partial charge is 0.321 e.